The summed E-state index contributed by atoms with van der Waals surface area (Å²) >= 11 is 0. The van der Waals surface area contributed by atoms with E-state index in [-0.39, 0.29) is 116 Å². The SMILES string of the molecule is C=CC(=O)Nc1ccc(-n2nc(C)[c-](N=Nc3ccccc3C(=O)O)c2=O)cc1.Cc1nn(-c2ccccc2)c(=O)[c-]1N=Nc1ccc(S(=O)(=O)O)cc1C(=O)O.[Cr].[Na+].[Na+]. The van der Waals surface area contributed by atoms with Crippen LogP contribution in [0.2, 0.25) is 0 Å². The van der Waals surface area contributed by atoms with Gasteiger partial charge in [0.1, 0.15) is 11.1 Å². The number of amides is 1. The molecule has 4 aromatic carbocycles. The Morgan fingerprint density at radius 1 is 0.717 bits per heavy atom. The first-order valence-electron chi connectivity index (χ1n) is 16.2. The first-order valence-corrected chi connectivity index (χ1v) is 17.7. The topological polar surface area (TPSA) is 277 Å². The molecule has 0 fully saturated rings. The normalized spacial score (nSPS) is 10.7. The molecule has 0 atom stereocenters. The van der Waals surface area contributed by atoms with Crippen molar-refractivity contribution in [2.45, 2.75) is 18.7 Å². The largest absolute Gasteiger partial charge is 1.00 e. The van der Waals surface area contributed by atoms with Gasteiger partial charge in [-0.25, -0.2) is 29.2 Å². The molecule has 0 bridgehead atoms. The van der Waals surface area contributed by atoms with E-state index in [9.17, 15) is 42.6 Å². The molecule has 0 unspecified atom stereocenters. The molecule has 19 nitrogen and oxygen atoms in total. The van der Waals surface area contributed by atoms with Gasteiger partial charge in [-0.05, 0) is 72.8 Å². The monoisotopic (exact) mass is 889 g/mol. The molecule has 296 valence electrons. The Hall–Kier alpha value is -5.31. The van der Waals surface area contributed by atoms with Crippen LogP contribution >= 0.6 is 0 Å². The van der Waals surface area contributed by atoms with Gasteiger partial charge in [-0.3, -0.25) is 9.35 Å². The van der Waals surface area contributed by atoms with Crippen molar-refractivity contribution in [3.05, 3.63) is 153 Å². The molecule has 23 heteroatoms. The summed E-state index contributed by atoms with van der Waals surface area (Å²) in [7, 11) is -4.58. The van der Waals surface area contributed by atoms with E-state index in [2.05, 4.69) is 42.6 Å². The number of para-hydroxylation sites is 1. The number of aromatic carboxylic acids is 2. The van der Waals surface area contributed by atoms with Crippen molar-refractivity contribution in [1.29, 1.82) is 0 Å². The Morgan fingerprint density at radius 2 is 1.18 bits per heavy atom. The van der Waals surface area contributed by atoms with Crippen molar-refractivity contribution < 1.29 is 114 Å². The van der Waals surface area contributed by atoms with E-state index in [4.69, 9.17) is 4.55 Å². The number of carboxylic acids is 2. The van der Waals surface area contributed by atoms with Crippen LogP contribution in [0.1, 0.15) is 32.1 Å². The van der Waals surface area contributed by atoms with Gasteiger partial charge in [0.2, 0.25) is 5.91 Å². The van der Waals surface area contributed by atoms with Crippen molar-refractivity contribution in [3.8, 4) is 11.4 Å². The zero-order valence-electron chi connectivity index (χ0n) is 32.1. The molecule has 0 aliphatic rings. The van der Waals surface area contributed by atoms with E-state index < -0.39 is 43.6 Å². The quantitative estimate of drug-likeness (QED) is 0.0444. The van der Waals surface area contributed by atoms with Crippen LogP contribution in [0, 0.1) is 13.8 Å². The third-order valence-corrected chi connectivity index (χ3v) is 8.54. The summed E-state index contributed by atoms with van der Waals surface area (Å²) in [5.41, 5.74) is 0.474. The minimum absolute atomic E-state index is 0. The molecule has 6 aromatic rings. The Labute approximate surface area is 395 Å². The van der Waals surface area contributed by atoms with Crippen LogP contribution in [-0.4, -0.2) is 60.6 Å². The van der Waals surface area contributed by atoms with Gasteiger partial charge in [0.05, 0.1) is 38.8 Å². The van der Waals surface area contributed by atoms with Gasteiger partial charge in [0.15, 0.2) is 0 Å². The van der Waals surface area contributed by atoms with Crippen molar-refractivity contribution in [1.82, 2.24) is 19.6 Å². The number of carbonyl (C=O) groups is 3. The number of carboxylic acid groups (broad SMARTS) is 2. The molecule has 4 N–H and O–H groups in total. The summed E-state index contributed by atoms with van der Waals surface area (Å²) < 4.78 is 33.7. The molecule has 0 saturated heterocycles. The summed E-state index contributed by atoms with van der Waals surface area (Å²) in [4.78, 5) is 58.6. The van der Waals surface area contributed by atoms with E-state index in [1.165, 1.54) is 12.1 Å². The molecule has 0 aliphatic carbocycles. The molecular weight excluding hydrogens is 861 g/mol. The number of nitrogens with one attached hydrogen (secondary N) is 1. The zero-order valence-corrected chi connectivity index (χ0v) is 38.2. The number of rotatable bonds is 11. The van der Waals surface area contributed by atoms with Crippen molar-refractivity contribution in [2.75, 3.05) is 5.32 Å². The average Bonchev–Trinajstić information content (AvgIpc) is 3.64. The predicted octanol–water partition coefficient (Wildman–Crippen LogP) is 0.124. The predicted molar refractivity (Wildman–Crippen MR) is 204 cm³/mol. The smallest absolute Gasteiger partial charge is 0.478 e. The number of carbonyl (C=O) groups excluding carboxylic acids is 1. The van der Waals surface area contributed by atoms with Crippen LogP contribution < -0.4 is 75.5 Å². The molecule has 1 amide bonds. The molecule has 2 aromatic heterocycles. The third-order valence-electron chi connectivity index (χ3n) is 7.69. The third kappa shape index (κ3) is 12.4. The second-order valence-corrected chi connectivity index (χ2v) is 13.0. The van der Waals surface area contributed by atoms with E-state index in [0.717, 1.165) is 33.6 Å². The Kier molecular flexibility index (Phi) is 18.9. The summed E-state index contributed by atoms with van der Waals surface area (Å²) in [6.45, 7) is 6.54. The first-order chi connectivity index (χ1) is 27.1. The maximum absolute atomic E-state index is 12.7. The fraction of sp³-hybridized carbons (Fsp3) is 0.0541. The zero-order chi connectivity index (χ0) is 41.4. The van der Waals surface area contributed by atoms with Crippen LogP contribution in [0.25, 0.3) is 11.4 Å². The summed E-state index contributed by atoms with van der Waals surface area (Å²) in [5.74, 6) is -2.96. The van der Waals surface area contributed by atoms with E-state index >= 15 is 0 Å². The molecule has 6 rings (SSSR count). The molecule has 0 spiro atoms. The minimum Gasteiger partial charge on any atom is -0.478 e. The molecule has 0 saturated carbocycles. The van der Waals surface area contributed by atoms with E-state index in [0.29, 0.717) is 22.8 Å². The van der Waals surface area contributed by atoms with E-state index in [1.807, 2.05) is 0 Å². The number of hydrogen-bond acceptors (Lipinski definition) is 13. The minimum atomic E-state index is -4.58. The maximum atomic E-state index is 12.7. The van der Waals surface area contributed by atoms with Gasteiger partial charge in [0.25, 0.3) is 10.1 Å². The molecule has 2 heterocycles. The van der Waals surface area contributed by atoms with Crippen LogP contribution in [0.3, 0.4) is 0 Å². The van der Waals surface area contributed by atoms with Gasteiger partial charge in [-0.1, -0.05) is 62.1 Å². The van der Waals surface area contributed by atoms with Gasteiger partial charge in [-0.2, -0.15) is 18.6 Å². The summed E-state index contributed by atoms with van der Waals surface area (Å²) in [5, 5.41) is 44.8. The van der Waals surface area contributed by atoms with Crippen molar-refractivity contribution in [3.63, 3.8) is 0 Å². The Morgan fingerprint density at radius 3 is 1.67 bits per heavy atom. The number of nitrogens with zero attached hydrogens (tertiary/aromatic N) is 8. The van der Waals surface area contributed by atoms with Crippen molar-refractivity contribution in [2.24, 2.45) is 20.5 Å². The van der Waals surface area contributed by atoms with Crippen molar-refractivity contribution >= 4 is 56.4 Å². The first kappa shape index (κ1) is 50.8. The van der Waals surface area contributed by atoms with Crippen LogP contribution in [0.15, 0.2) is 145 Å². The molecule has 60 heavy (non-hydrogen) atoms. The second-order valence-electron chi connectivity index (χ2n) is 11.6. The average molecular weight is 890 g/mol. The molecule has 0 aliphatic heterocycles. The molecule has 0 radical (unpaired) electrons. The maximum Gasteiger partial charge on any atom is 1.00 e. The summed E-state index contributed by atoms with van der Waals surface area (Å²) in [6, 6.07) is 24.0. The summed E-state index contributed by atoms with van der Waals surface area (Å²) in [6.07, 6.45) is 1.15. The number of anilines is 1. The fourth-order valence-electron chi connectivity index (χ4n) is 4.91. The Bertz CT molecular complexity index is 2820. The fourth-order valence-corrected chi connectivity index (χ4v) is 5.41. The van der Waals surface area contributed by atoms with Gasteiger partial charge in [0, 0.05) is 23.0 Å². The molecular formula is C37H29CrN9Na2O10S. The van der Waals surface area contributed by atoms with Gasteiger partial charge in [-0.15, -0.1) is 11.4 Å². The van der Waals surface area contributed by atoms with E-state index in [1.54, 1.807) is 80.6 Å². The standard InChI is InChI=1S/C20H16N5O4.C17H13N4O6S.Cr.2Na/c1-3-17(26)21-13-8-10-14(11-9-13)25-19(27)18(12(2)24-25)23-22-16-7-5-4-6-15(16)20(28)29;1-10-15(16(22)21(20-10)11-5-3-2-4-6-11)19-18-14-8-7-12(28(25,26)27)9-13(14)17(23)24;;;/h3-11H,1H2,2H3,(H,21,26)(H,28,29);2-9H,1H3,(H,23,24)(H,25,26,27);;;/q2*-1;;2*+1. The Balaban J connectivity index is 0.000000394. The van der Waals surface area contributed by atoms with Gasteiger partial charge >= 0.3 is 71.1 Å². The number of aromatic nitrogens is 4. The second kappa shape index (κ2) is 22.3. The number of benzene rings is 4. The number of aryl methyl sites for hydroxylation is 2. The van der Waals surface area contributed by atoms with Gasteiger partial charge < -0.3 is 35.3 Å². The van der Waals surface area contributed by atoms with Crippen LogP contribution in [0.4, 0.5) is 28.4 Å². The number of hydrogen-bond donors (Lipinski definition) is 4. The number of azo groups is 2. The van der Waals surface area contributed by atoms with Crippen LogP contribution in [-0.2, 0) is 32.3 Å². The van der Waals surface area contributed by atoms with Crippen LogP contribution in [0.5, 0.6) is 0 Å².